The van der Waals surface area contributed by atoms with Crippen molar-refractivity contribution in [1.29, 1.82) is 0 Å². The summed E-state index contributed by atoms with van der Waals surface area (Å²) in [7, 11) is -3.51. The second-order valence-corrected chi connectivity index (χ2v) is 7.04. The van der Waals surface area contributed by atoms with Crippen LogP contribution in [0.2, 0.25) is 0 Å². The Morgan fingerprint density at radius 1 is 1.33 bits per heavy atom. The van der Waals surface area contributed by atoms with E-state index in [4.69, 9.17) is 5.73 Å². The van der Waals surface area contributed by atoms with E-state index >= 15 is 0 Å². The second kappa shape index (κ2) is 5.40. The Balaban J connectivity index is 2.17. The third-order valence-corrected chi connectivity index (χ3v) is 5.15. The zero-order valence-electron chi connectivity index (χ0n) is 9.26. The average Bonchev–Trinajstić information content (AvgIpc) is 2.83. The number of rotatable bonds is 4. The van der Waals surface area contributed by atoms with Gasteiger partial charge in [0.25, 0.3) is 0 Å². The standard InChI is InChI=1S/C11H11BrN2O2S2/c12-10-5-9(1-2-11(10)13)18(15,16)14-6-8-3-4-17-7-8/h1-5,7,14H,6,13H2. The number of hydrogen-bond acceptors (Lipinski definition) is 4. The Morgan fingerprint density at radius 3 is 2.72 bits per heavy atom. The van der Waals surface area contributed by atoms with Crippen molar-refractivity contribution in [2.45, 2.75) is 11.4 Å². The third-order valence-electron chi connectivity index (χ3n) is 2.33. The highest BCUT2D eigenvalue weighted by Crippen LogP contribution is 2.23. The molecular weight excluding hydrogens is 336 g/mol. The van der Waals surface area contributed by atoms with Crippen LogP contribution >= 0.6 is 27.3 Å². The van der Waals surface area contributed by atoms with Gasteiger partial charge in [-0.25, -0.2) is 13.1 Å². The largest absolute Gasteiger partial charge is 0.398 e. The molecule has 0 radical (unpaired) electrons. The summed E-state index contributed by atoms with van der Waals surface area (Å²) >= 11 is 4.74. The number of nitrogens with one attached hydrogen (secondary N) is 1. The molecule has 18 heavy (non-hydrogen) atoms. The molecule has 4 nitrogen and oxygen atoms in total. The van der Waals surface area contributed by atoms with Crippen molar-refractivity contribution in [3.63, 3.8) is 0 Å². The topological polar surface area (TPSA) is 72.2 Å². The van der Waals surface area contributed by atoms with Crippen LogP contribution in [0.25, 0.3) is 0 Å². The summed E-state index contributed by atoms with van der Waals surface area (Å²) in [5.74, 6) is 0. The fraction of sp³-hybridized carbons (Fsp3) is 0.0909. The van der Waals surface area contributed by atoms with E-state index in [1.165, 1.54) is 23.5 Å². The van der Waals surface area contributed by atoms with Gasteiger partial charge >= 0.3 is 0 Å². The Labute approximate surface area is 118 Å². The molecule has 1 aromatic carbocycles. The summed E-state index contributed by atoms with van der Waals surface area (Å²) in [6.07, 6.45) is 0. The van der Waals surface area contributed by atoms with Crippen molar-refractivity contribution in [3.8, 4) is 0 Å². The highest BCUT2D eigenvalue weighted by Gasteiger charge is 2.14. The molecule has 1 aromatic heterocycles. The van der Waals surface area contributed by atoms with Gasteiger partial charge in [0, 0.05) is 16.7 Å². The Hall–Kier alpha value is -0.890. The molecule has 3 N–H and O–H groups in total. The Kier molecular flexibility index (Phi) is 4.06. The van der Waals surface area contributed by atoms with Gasteiger partial charge in [-0.1, -0.05) is 0 Å². The third kappa shape index (κ3) is 3.11. The van der Waals surface area contributed by atoms with Crippen LogP contribution in [0.1, 0.15) is 5.56 Å². The molecule has 0 amide bonds. The van der Waals surface area contributed by atoms with Gasteiger partial charge in [0.05, 0.1) is 4.90 Å². The lowest BCUT2D eigenvalue weighted by Crippen LogP contribution is -2.23. The van der Waals surface area contributed by atoms with Crippen molar-refractivity contribution in [2.24, 2.45) is 0 Å². The molecule has 0 atom stereocenters. The summed E-state index contributed by atoms with van der Waals surface area (Å²) in [5, 5.41) is 3.81. The summed E-state index contributed by atoms with van der Waals surface area (Å²) in [6.45, 7) is 0.286. The van der Waals surface area contributed by atoms with E-state index in [0.29, 0.717) is 10.2 Å². The van der Waals surface area contributed by atoms with Crippen LogP contribution in [-0.4, -0.2) is 8.42 Å². The molecule has 7 heteroatoms. The lowest BCUT2D eigenvalue weighted by atomic mass is 10.3. The summed E-state index contributed by atoms with van der Waals surface area (Å²) in [4.78, 5) is 0.193. The molecule has 2 rings (SSSR count). The number of halogens is 1. The Morgan fingerprint density at radius 2 is 2.11 bits per heavy atom. The lowest BCUT2D eigenvalue weighted by Gasteiger charge is -2.07. The van der Waals surface area contributed by atoms with Gasteiger partial charge in [-0.2, -0.15) is 11.3 Å². The minimum atomic E-state index is -3.51. The summed E-state index contributed by atoms with van der Waals surface area (Å²) in [5.41, 5.74) is 7.07. The normalized spacial score (nSPS) is 11.6. The monoisotopic (exact) mass is 346 g/mol. The van der Waals surface area contributed by atoms with Crippen molar-refractivity contribution < 1.29 is 8.42 Å². The summed E-state index contributed by atoms with van der Waals surface area (Å²) < 4.78 is 27.2. The number of sulfonamides is 1. The van der Waals surface area contributed by atoms with Gasteiger partial charge in [0.2, 0.25) is 10.0 Å². The smallest absolute Gasteiger partial charge is 0.240 e. The van der Waals surface area contributed by atoms with E-state index in [-0.39, 0.29) is 11.4 Å². The molecule has 0 bridgehead atoms. The highest BCUT2D eigenvalue weighted by atomic mass is 79.9. The number of nitrogens with two attached hydrogens (primary N) is 1. The van der Waals surface area contributed by atoms with E-state index in [9.17, 15) is 8.42 Å². The minimum Gasteiger partial charge on any atom is -0.398 e. The van der Waals surface area contributed by atoms with E-state index in [0.717, 1.165) is 5.56 Å². The molecule has 0 fully saturated rings. The van der Waals surface area contributed by atoms with Crippen molar-refractivity contribution in [1.82, 2.24) is 4.72 Å². The fourth-order valence-electron chi connectivity index (χ4n) is 1.33. The Bertz CT molecular complexity index is 639. The van der Waals surface area contributed by atoms with Gasteiger partial charge < -0.3 is 5.73 Å². The number of anilines is 1. The van der Waals surface area contributed by atoms with Crippen LogP contribution in [-0.2, 0) is 16.6 Å². The van der Waals surface area contributed by atoms with E-state index in [2.05, 4.69) is 20.7 Å². The van der Waals surface area contributed by atoms with Crippen molar-refractivity contribution in [3.05, 3.63) is 45.1 Å². The first-order valence-electron chi connectivity index (χ1n) is 5.05. The van der Waals surface area contributed by atoms with Crippen LogP contribution in [0, 0.1) is 0 Å². The van der Waals surface area contributed by atoms with Crippen LogP contribution in [0.3, 0.4) is 0 Å². The maximum absolute atomic E-state index is 12.0. The predicted octanol–water partition coefficient (Wildman–Crippen LogP) is 2.57. The van der Waals surface area contributed by atoms with Crippen molar-refractivity contribution in [2.75, 3.05) is 5.73 Å². The van der Waals surface area contributed by atoms with Gasteiger partial charge in [0.15, 0.2) is 0 Å². The van der Waals surface area contributed by atoms with Crippen LogP contribution < -0.4 is 10.5 Å². The molecule has 0 spiro atoms. The molecule has 0 saturated carbocycles. The van der Waals surface area contributed by atoms with E-state index < -0.39 is 10.0 Å². The minimum absolute atomic E-state index is 0.193. The number of nitrogen functional groups attached to an aromatic ring is 1. The fourth-order valence-corrected chi connectivity index (χ4v) is 3.57. The summed E-state index contributed by atoms with van der Waals surface area (Å²) in [6, 6.07) is 6.41. The number of thiophene rings is 1. The van der Waals surface area contributed by atoms with Crippen LogP contribution in [0.4, 0.5) is 5.69 Å². The van der Waals surface area contributed by atoms with Gasteiger partial charge in [-0.05, 0) is 56.5 Å². The molecule has 2 aromatic rings. The highest BCUT2D eigenvalue weighted by molar-refractivity contribution is 9.10. The molecule has 0 aliphatic carbocycles. The maximum atomic E-state index is 12.0. The SMILES string of the molecule is Nc1ccc(S(=O)(=O)NCc2ccsc2)cc1Br. The van der Waals surface area contributed by atoms with Crippen molar-refractivity contribution >= 4 is 43.0 Å². The van der Waals surface area contributed by atoms with E-state index in [1.54, 1.807) is 6.07 Å². The molecule has 0 saturated heterocycles. The second-order valence-electron chi connectivity index (χ2n) is 3.64. The zero-order valence-corrected chi connectivity index (χ0v) is 12.5. The first kappa shape index (κ1) is 13.5. The lowest BCUT2D eigenvalue weighted by molar-refractivity contribution is 0.581. The van der Waals surface area contributed by atoms with Crippen LogP contribution in [0.15, 0.2) is 44.4 Å². The van der Waals surface area contributed by atoms with Gasteiger partial charge in [0.1, 0.15) is 0 Å². The molecule has 1 heterocycles. The van der Waals surface area contributed by atoms with Crippen LogP contribution in [0.5, 0.6) is 0 Å². The first-order chi connectivity index (χ1) is 8.49. The molecule has 0 unspecified atom stereocenters. The molecular formula is C11H11BrN2O2S2. The first-order valence-corrected chi connectivity index (χ1v) is 8.27. The molecule has 0 aliphatic heterocycles. The molecule has 0 aliphatic rings. The number of benzene rings is 1. The predicted molar refractivity (Wildman–Crippen MR) is 76.9 cm³/mol. The van der Waals surface area contributed by atoms with Gasteiger partial charge in [-0.15, -0.1) is 0 Å². The molecule has 96 valence electrons. The number of hydrogen-bond donors (Lipinski definition) is 2. The zero-order chi connectivity index (χ0) is 13.2. The van der Waals surface area contributed by atoms with Gasteiger partial charge in [-0.3, -0.25) is 0 Å². The quantitative estimate of drug-likeness (QED) is 0.835. The maximum Gasteiger partial charge on any atom is 0.240 e. The van der Waals surface area contributed by atoms with E-state index in [1.807, 2.05) is 16.8 Å². The average molecular weight is 347 g/mol.